The highest BCUT2D eigenvalue weighted by Gasteiger charge is 2.23. The van der Waals surface area contributed by atoms with E-state index in [1.54, 1.807) is 0 Å². The van der Waals surface area contributed by atoms with E-state index in [0.29, 0.717) is 17.1 Å². The molecule has 4 heteroatoms. The van der Waals surface area contributed by atoms with Gasteiger partial charge in [-0.25, -0.2) is 0 Å². The van der Waals surface area contributed by atoms with Gasteiger partial charge in [0.15, 0.2) is 5.17 Å². The maximum absolute atomic E-state index is 5.47. The zero-order valence-corrected chi connectivity index (χ0v) is 11.1. The monoisotopic (exact) mass is 242 g/mol. The summed E-state index contributed by atoms with van der Waals surface area (Å²) in [5.74, 6) is 1.39. The van der Waals surface area contributed by atoms with Crippen molar-refractivity contribution < 1.29 is 4.74 Å². The Balaban J connectivity index is 1.67. The number of nitrogens with zero attached hydrogens (tertiary/aromatic N) is 1. The van der Waals surface area contributed by atoms with Crippen LogP contribution in [-0.2, 0) is 4.74 Å². The summed E-state index contributed by atoms with van der Waals surface area (Å²) in [6.07, 6.45) is 2.50. The predicted molar refractivity (Wildman–Crippen MR) is 70.1 cm³/mol. The zero-order chi connectivity index (χ0) is 11.4. The SMILES string of the molecule is CC(C)C1CN=C(NCC2CCCOC2)S1. The molecule has 0 aromatic rings. The van der Waals surface area contributed by atoms with Crippen LogP contribution in [0, 0.1) is 11.8 Å². The second-order valence-electron chi connectivity index (χ2n) is 5.01. The summed E-state index contributed by atoms with van der Waals surface area (Å²) in [5.41, 5.74) is 0. The summed E-state index contributed by atoms with van der Waals surface area (Å²) < 4.78 is 5.47. The third-order valence-electron chi connectivity index (χ3n) is 3.22. The van der Waals surface area contributed by atoms with Gasteiger partial charge in [0.25, 0.3) is 0 Å². The standard InChI is InChI=1S/C12H22N2OS/c1-9(2)11-7-14-12(16-11)13-6-10-4-3-5-15-8-10/h9-11H,3-8H2,1-2H3,(H,13,14). The molecule has 2 heterocycles. The maximum Gasteiger partial charge on any atom is 0.156 e. The quantitative estimate of drug-likeness (QED) is 0.823. The van der Waals surface area contributed by atoms with E-state index in [-0.39, 0.29) is 0 Å². The first-order chi connectivity index (χ1) is 7.75. The topological polar surface area (TPSA) is 33.6 Å². The second-order valence-corrected chi connectivity index (χ2v) is 6.24. The Bertz CT molecular complexity index is 249. The van der Waals surface area contributed by atoms with E-state index in [0.717, 1.165) is 31.5 Å². The van der Waals surface area contributed by atoms with Gasteiger partial charge in [0.1, 0.15) is 0 Å². The minimum atomic E-state index is 0.671. The molecule has 1 N–H and O–H groups in total. The molecule has 0 saturated carbocycles. The molecule has 2 unspecified atom stereocenters. The molecule has 92 valence electrons. The molecule has 0 bridgehead atoms. The first-order valence-electron chi connectivity index (χ1n) is 6.28. The van der Waals surface area contributed by atoms with Crippen LogP contribution in [0.25, 0.3) is 0 Å². The van der Waals surface area contributed by atoms with E-state index in [4.69, 9.17) is 4.74 Å². The Labute approximate surface area is 102 Å². The lowest BCUT2D eigenvalue weighted by atomic mass is 10.0. The van der Waals surface area contributed by atoms with Crippen LogP contribution in [-0.4, -0.2) is 36.7 Å². The van der Waals surface area contributed by atoms with Crippen molar-refractivity contribution >= 4 is 16.9 Å². The number of nitrogens with one attached hydrogen (secondary N) is 1. The van der Waals surface area contributed by atoms with E-state index in [2.05, 4.69) is 24.2 Å². The largest absolute Gasteiger partial charge is 0.381 e. The summed E-state index contributed by atoms with van der Waals surface area (Å²) in [7, 11) is 0. The fraction of sp³-hybridized carbons (Fsp3) is 0.917. The Kier molecular flexibility index (Phi) is 4.53. The molecule has 1 fully saturated rings. The van der Waals surface area contributed by atoms with Gasteiger partial charge < -0.3 is 10.1 Å². The molecule has 2 aliphatic rings. The molecular weight excluding hydrogens is 220 g/mol. The summed E-state index contributed by atoms with van der Waals surface area (Å²) in [6, 6.07) is 0. The van der Waals surface area contributed by atoms with E-state index in [9.17, 15) is 0 Å². The molecule has 2 aliphatic heterocycles. The molecule has 0 aromatic carbocycles. The molecular formula is C12H22N2OS. The number of hydrogen-bond acceptors (Lipinski definition) is 4. The molecule has 0 radical (unpaired) electrons. The van der Waals surface area contributed by atoms with Crippen molar-refractivity contribution in [1.29, 1.82) is 0 Å². The number of aliphatic imine (C=N–C) groups is 1. The van der Waals surface area contributed by atoms with Crippen molar-refractivity contribution in [3.8, 4) is 0 Å². The Morgan fingerprint density at radius 3 is 3.06 bits per heavy atom. The lowest BCUT2D eigenvalue weighted by Crippen LogP contribution is -2.31. The van der Waals surface area contributed by atoms with Crippen LogP contribution < -0.4 is 5.32 Å². The van der Waals surface area contributed by atoms with Crippen LogP contribution in [0.1, 0.15) is 26.7 Å². The van der Waals surface area contributed by atoms with Gasteiger partial charge in [0, 0.05) is 18.4 Å². The fourth-order valence-corrected chi connectivity index (χ4v) is 3.06. The van der Waals surface area contributed by atoms with Gasteiger partial charge in [-0.05, 0) is 24.7 Å². The first kappa shape index (κ1) is 12.2. The molecule has 1 saturated heterocycles. The summed E-state index contributed by atoms with van der Waals surface area (Å²) in [6.45, 7) is 8.40. The van der Waals surface area contributed by atoms with Gasteiger partial charge >= 0.3 is 0 Å². The molecule has 16 heavy (non-hydrogen) atoms. The summed E-state index contributed by atoms with van der Waals surface area (Å²) >= 11 is 1.91. The second kappa shape index (κ2) is 5.92. The lowest BCUT2D eigenvalue weighted by Gasteiger charge is -2.22. The predicted octanol–water partition coefficient (Wildman–Crippen LogP) is 2.13. The van der Waals surface area contributed by atoms with Crippen molar-refractivity contribution in [3.05, 3.63) is 0 Å². The van der Waals surface area contributed by atoms with Crippen molar-refractivity contribution in [2.75, 3.05) is 26.3 Å². The van der Waals surface area contributed by atoms with Gasteiger partial charge in [-0.2, -0.15) is 0 Å². The Morgan fingerprint density at radius 1 is 1.56 bits per heavy atom. The minimum absolute atomic E-state index is 0.671. The molecule has 0 amide bonds. The van der Waals surface area contributed by atoms with Crippen LogP contribution in [0.3, 0.4) is 0 Å². The average Bonchev–Trinajstić information content (AvgIpc) is 2.76. The number of hydrogen-bond donors (Lipinski definition) is 1. The smallest absolute Gasteiger partial charge is 0.156 e. The van der Waals surface area contributed by atoms with Crippen molar-refractivity contribution in [2.45, 2.75) is 31.9 Å². The zero-order valence-electron chi connectivity index (χ0n) is 10.2. The van der Waals surface area contributed by atoms with Gasteiger partial charge in [-0.15, -0.1) is 0 Å². The molecule has 2 rings (SSSR count). The third-order valence-corrected chi connectivity index (χ3v) is 4.71. The van der Waals surface area contributed by atoms with Crippen LogP contribution in [0.2, 0.25) is 0 Å². The van der Waals surface area contributed by atoms with Crippen LogP contribution in [0.4, 0.5) is 0 Å². The Morgan fingerprint density at radius 2 is 2.44 bits per heavy atom. The van der Waals surface area contributed by atoms with Crippen LogP contribution in [0.5, 0.6) is 0 Å². The van der Waals surface area contributed by atoms with E-state index in [1.165, 1.54) is 12.8 Å². The van der Waals surface area contributed by atoms with E-state index >= 15 is 0 Å². The number of thioether (sulfide) groups is 1. The Hall–Kier alpha value is -0.220. The van der Waals surface area contributed by atoms with Gasteiger partial charge in [-0.3, -0.25) is 4.99 Å². The summed E-state index contributed by atoms with van der Waals surface area (Å²) in [5, 5.41) is 5.28. The van der Waals surface area contributed by atoms with Crippen molar-refractivity contribution in [2.24, 2.45) is 16.8 Å². The lowest BCUT2D eigenvalue weighted by molar-refractivity contribution is 0.0565. The molecule has 3 nitrogen and oxygen atoms in total. The van der Waals surface area contributed by atoms with Gasteiger partial charge in [0.05, 0.1) is 13.2 Å². The molecule has 0 spiro atoms. The number of rotatable bonds is 3. The average molecular weight is 242 g/mol. The third kappa shape index (κ3) is 3.39. The number of ether oxygens (including phenoxy) is 1. The van der Waals surface area contributed by atoms with Crippen molar-refractivity contribution in [1.82, 2.24) is 5.32 Å². The van der Waals surface area contributed by atoms with Crippen LogP contribution >= 0.6 is 11.8 Å². The normalized spacial score (nSPS) is 30.6. The highest BCUT2D eigenvalue weighted by Crippen LogP contribution is 2.26. The molecule has 0 aliphatic carbocycles. The van der Waals surface area contributed by atoms with Gasteiger partial charge in [0.2, 0.25) is 0 Å². The minimum Gasteiger partial charge on any atom is -0.381 e. The van der Waals surface area contributed by atoms with E-state index in [1.807, 2.05) is 11.8 Å². The van der Waals surface area contributed by atoms with Crippen molar-refractivity contribution in [3.63, 3.8) is 0 Å². The highest BCUT2D eigenvalue weighted by molar-refractivity contribution is 8.14. The maximum atomic E-state index is 5.47. The van der Waals surface area contributed by atoms with E-state index < -0.39 is 0 Å². The first-order valence-corrected chi connectivity index (χ1v) is 7.16. The van der Waals surface area contributed by atoms with Crippen LogP contribution in [0.15, 0.2) is 4.99 Å². The van der Waals surface area contributed by atoms with Gasteiger partial charge in [-0.1, -0.05) is 25.6 Å². The summed E-state index contributed by atoms with van der Waals surface area (Å²) in [4.78, 5) is 4.55. The number of amidine groups is 1. The fourth-order valence-electron chi connectivity index (χ4n) is 2.04. The molecule has 2 atom stereocenters. The highest BCUT2D eigenvalue weighted by atomic mass is 32.2. The molecule has 0 aromatic heterocycles.